The Morgan fingerprint density at radius 2 is 1.84 bits per heavy atom. The van der Waals surface area contributed by atoms with Crippen molar-refractivity contribution in [3.8, 4) is 22.6 Å². The predicted molar refractivity (Wildman–Crippen MR) is 146 cm³/mol. The standard InChI is InChI=1S/C31H42N2O4/c1-6-35-27-16-26-23(15-25(27)21-7-9-24(10-8-21)36-19-20(2)3)17-31(4,5)29(26)32-30(34)37-28-18-33-13-11-22(28)12-14-33/h7-10,15-16,20,22,28-29H,6,11-14,17-19H2,1-5H3,(H,32,34)/t28-,29+/m1/s1. The number of ether oxygens (including phenoxy) is 3. The highest BCUT2D eigenvalue weighted by atomic mass is 16.6. The van der Waals surface area contributed by atoms with Crippen molar-refractivity contribution in [2.45, 2.75) is 66.0 Å². The summed E-state index contributed by atoms with van der Waals surface area (Å²) in [7, 11) is 0. The number of carbonyl (C=O) groups is 1. The maximum atomic E-state index is 13.1. The van der Waals surface area contributed by atoms with E-state index in [1.807, 2.05) is 19.1 Å². The first kappa shape index (κ1) is 25.9. The molecule has 0 saturated carbocycles. The summed E-state index contributed by atoms with van der Waals surface area (Å²) in [4.78, 5) is 15.5. The van der Waals surface area contributed by atoms with E-state index in [2.05, 4.69) is 62.2 Å². The number of nitrogens with one attached hydrogen (secondary N) is 1. The molecule has 3 saturated heterocycles. The summed E-state index contributed by atoms with van der Waals surface area (Å²) in [5.74, 6) is 2.70. The number of amides is 1. The monoisotopic (exact) mass is 506 g/mol. The van der Waals surface area contributed by atoms with Crippen LogP contribution in [0.3, 0.4) is 0 Å². The van der Waals surface area contributed by atoms with Crippen LogP contribution in [-0.2, 0) is 11.2 Å². The third-order valence-corrected chi connectivity index (χ3v) is 8.15. The maximum Gasteiger partial charge on any atom is 0.407 e. The van der Waals surface area contributed by atoms with Crippen molar-refractivity contribution in [1.82, 2.24) is 10.2 Å². The van der Waals surface area contributed by atoms with Gasteiger partial charge in [0.2, 0.25) is 0 Å². The van der Waals surface area contributed by atoms with Crippen molar-refractivity contribution in [1.29, 1.82) is 0 Å². The topological polar surface area (TPSA) is 60.0 Å². The SMILES string of the molecule is CCOc1cc2c(cc1-c1ccc(OCC(C)C)cc1)CC(C)(C)[C@H]2NC(=O)O[C@@H]1CN2CCC1CC2. The van der Waals surface area contributed by atoms with Crippen LogP contribution in [0.5, 0.6) is 11.5 Å². The molecule has 0 unspecified atom stereocenters. The maximum absolute atomic E-state index is 13.1. The Morgan fingerprint density at radius 1 is 1.11 bits per heavy atom. The van der Waals surface area contributed by atoms with E-state index in [4.69, 9.17) is 14.2 Å². The molecule has 4 aliphatic rings. The zero-order chi connectivity index (χ0) is 26.2. The number of benzene rings is 2. The molecule has 0 radical (unpaired) electrons. The van der Waals surface area contributed by atoms with Gasteiger partial charge in [0, 0.05) is 12.1 Å². The Morgan fingerprint density at radius 3 is 2.46 bits per heavy atom. The van der Waals surface area contributed by atoms with Crippen LogP contribution < -0.4 is 14.8 Å². The van der Waals surface area contributed by atoms with Gasteiger partial charge in [0.1, 0.15) is 17.6 Å². The van der Waals surface area contributed by atoms with Gasteiger partial charge >= 0.3 is 6.09 Å². The van der Waals surface area contributed by atoms with E-state index >= 15 is 0 Å². The summed E-state index contributed by atoms with van der Waals surface area (Å²) in [5, 5.41) is 3.24. The summed E-state index contributed by atoms with van der Waals surface area (Å²) >= 11 is 0. The summed E-state index contributed by atoms with van der Waals surface area (Å²) in [6, 6.07) is 12.5. The first-order chi connectivity index (χ1) is 17.7. The Balaban J connectivity index is 1.36. The number of hydrogen-bond acceptors (Lipinski definition) is 5. The zero-order valence-electron chi connectivity index (χ0n) is 23.0. The molecule has 0 spiro atoms. The summed E-state index contributed by atoms with van der Waals surface area (Å²) in [5.41, 5.74) is 4.41. The number of carbonyl (C=O) groups excluding carboxylic acids is 1. The molecule has 6 nitrogen and oxygen atoms in total. The molecule has 3 fully saturated rings. The number of piperidine rings is 3. The molecule has 200 valence electrons. The number of rotatable bonds is 8. The van der Waals surface area contributed by atoms with E-state index in [1.54, 1.807) is 0 Å². The van der Waals surface area contributed by atoms with Crippen LogP contribution >= 0.6 is 0 Å². The van der Waals surface area contributed by atoms with Crippen LogP contribution in [0, 0.1) is 17.3 Å². The third kappa shape index (κ3) is 5.59. The number of hydrogen-bond donors (Lipinski definition) is 1. The van der Waals surface area contributed by atoms with Crippen molar-refractivity contribution < 1.29 is 19.0 Å². The van der Waals surface area contributed by atoms with Crippen molar-refractivity contribution in [2.75, 3.05) is 32.8 Å². The van der Waals surface area contributed by atoms with Crippen LogP contribution in [-0.4, -0.2) is 49.9 Å². The van der Waals surface area contributed by atoms with Gasteiger partial charge in [-0.1, -0.05) is 39.8 Å². The predicted octanol–water partition coefficient (Wildman–Crippen LogP) is 6.23. The second-order valence-corrected chi connectivity index (χ2v) is 12.0. The molecule has 6 rings (SSSR count). The number of nitrogens with zero attached hydrogens (tertiary/aromatic N) is 1. The van der Waals surface area contributed by atoms with Gasteiger partial charge < -0.3 is 19.5 Å². The van der Waals surface area contributed by atoms with E-state index < -0.39 is 0 Å². The number of fused-ring (bicyclic) bond motifs is 4. The van der Waals surface area contributed by atoms with Crippen molar-refractivity contribution in [3.05, 3.63) is 47.5 Å². The van der Waals surface area contributed by atoms with E-state index in [0.29, 0.717) is 25.0 Å². The van der Waals surface area contributed by atoms with Crippen LogP contribution in [0.15, 0.2) is 36.4 Å². The Hall–Kier alpha value is -2.73. The van der Waals surface area contributed by atoms with Gasteiger partial charge in [-0.25, -0.2) is 4.79 Å². The lowest BCUT2D eigenvalue weighted by atomic mass is 9.85. The lowest BCUT2D eigenvalue weighted by molar-refractivity contribution is -0.0349. The summed E-state index contributed by atoms with van der Waals surface area (Å²) in [6.07, 6.45) is 2.83. The molecule has 0 aromatic heterocycles. The van der Waals surface area contributed by atoms with Gasteiger partial charge in [0.05, 0.1) is 19.3 Å². The van der Waals surface area contributed by atoms with Crippen LogP contribution in [0.25, 0.3) is 11.1 Å². The largest absolute Gasteiger partial charge is 0.493 e. The normalized spacial score (nSPS) is 25.6. The van der Waals surface area contributed by atoms with Gasteiger partial charge in [0.15, 0.2) is 0 Å². The molecular formula is C31H42N2O4. The quantitative estimate of drug-likeness (QED) is 0.460. The molecule has 3 aliphatic heterocycles. The Labute approximate surface area is 221 Å². The lowest BCUT2D eigenvalue weighted by Crippen LogP contribution is -2.53. The smallest absolute Gasteiger partial charge is 0.407 e. The molecule has 6 heteroatoms. The lowest BCUT2D eigenvalue weighted by Gasteiger charge is -2.44. The second kappa shape index (κ2) is 10.6. The molecule has 1 amide bonds. The highest BCUT2D eigenvalue weighted by molar-refractivity contribution is 5.74. The first-order valence-corrected chi connectivity index (χ1v) is 14.0. The summed E-state index contributed by atoms with van der Waals surface area (Å²) in [6.45, 7) is 15.1. The van der Waals surface area contributed by atoms with Crippen molar-refractivity contribution >= 4 is 6.09 Å². The third-order valence-electron chi connectivity index (χ3n) is 8.15. The van der Waals surface area contributed by atoms with E-state index in [-0.39, 0.29) is 23.7 Å². The minimum atomic E-state index is -0.302. The summed E-state index contributed by atoms with van der Waals surface area (Å²) < 4.78 is 18.0. The molecule has 37 heavy (non-hydrogen) atoms. The first-order valence-electron chi connectivity index (χ1n) is 14.0. The van der Waals surface area contributed by atoms with E-state index in [1.165, 1.54) is 5.56 Å². The second-order valence-electron chi connectivity index (χ2n) is 12.0. The van der Waals surface area contributed by atoms with Crippen LogP contribution in [0.2, 0.25) is 0 Å². The molecule has 3 heterocycles. The van der Waals surface area contributed by atoms with Gasteiger partial charge in [-0.3, -0.25) is 4.90 Å². The molecule has 2 bridgehead atoms. The zero-order valence-corrected chi connectivity index (χ0v) is 23.0. The van der Waals surface area contributed by atoms with Crippen molar-refractivity contribution in [2.24, 2.45) is 17.3 Å². The Bertz CT molecular complexity index is 1100. The average molecular weight is 507 g/mol. The Kier molecular flexibility index (Phi) is 7.39. The fourth-order valence-electron chi connectivity index (χ4n) is 6.18. The van der Waals surface area contributed by atoms with Gasteiger partial charge in [-0.15, -0.1) is 0 Å². The highest BCUT2D eigenvalue weighted by Crippen LogP contribution is 2.49. The van der Waals surface area contributed by atoms with E-state index in [9.17, 15) is 4.79 Å². The molecule has 2 atom stereocenters. The minimum Gasteiger partial charge on any atom is -0.493 e. The van der Waals surface area contributed by atoms with Gasteiger partial charge in [0.25, 0.3) is 0 Å². The fourth-order valence-corrected chi connectivity index (χ4v) is 6.18. The molecular weight excluding hydrogens is 464 g/mol. The highest BCUT2D eigenvalue weighted by Gasteiger charge is 2.42. The molecule has 1 N–H and O–H groups in total. The van der Waals surface area contributed by atoms with E-state index in [0.717, 1.165) is 67.1 Å². The number of alkyl carbamates (subject to hydrolysis) is 1. The molecule has 2 aromatic carbocycles. The van der Waals surface area contributed by atoms with Gasteiger partial charge in [-0.05, 0) is 97.5 Å². The fraction of sp³-hybridized carbons (Fsp3) is 0.581. The molecule has 2 aromatic rings. The van der Waals surface area contributed by atoms with Crippen molar-refractivity contribution in [3.63, 3.8) is 0 Å². The van der Waals surface area contributed by atoms with Crippen LogP contribution in [0.4, 0.5) is 4.79 Å². The van der Waals surface area contributed by atoms with Crippen LogP contribution in [0.1, 0.15) is 64.6 Å². The minimum absolute atomic E-state index is 0.000312. The van der Waals surface area contributed by atoms with Gasteiger partial charge in [-0.2, -0.15) is 0 Å². The average Bonchev–Trinajstić information content (AvgIpc) is 3.12. The molecule has 1 aliphatic carbocycles.